The molecule has 7 heteroatoms. The van der Waals surface area contributed by atoms with Gasteiger partial charge in [-0.2, -0.15) is 0 Å². The van der Waals surface area contributed by atoms with Gasteiger partial charge in [0.05, 0.1) is 4.83 Å². The molecule has 0 aliphatic heterocycles. The van der Waals surface area contributed by atoms with Crippen LogP contribution in [0.1, 0.15) is 0 Å². The van der Waals surface area contributed by atoms with Gasteiger partial charge in [0, 0.05) is 0 Å². The predicted octanol–water partition coefficient (Wildman–Crippen LogP) is 5.22. The van der Waals surface area contributed by atoms with Crippen molar-refractivity contribution in [1.29, 1.82) is 0 Å². The van der Waals surface area contributed by atoms with E-state index in [1.165, 1.54) is 0 Å². The lowest BCUT2D eigenvalue weighted by Crippen LogP contribution is -2.70. The number of alkyl halides is 7. The lowest BCUT2D eigenvalue weighted by molar-refractivity contribution is 0.523. The molecule has 1 rings (SSSR count). The van der Waals surface area contributed by atoms with E-state index < -0.39 is 0 Å². The van der Waals surface area contributed by atoms with E-state index in [-0.39, 0.29) is 14.5 Å². The van der Waals surface area contributed by atoms with Gasteiger partial charge in [-0.05, 0) is 0 Å². The molecule has 0 unspecified atom stereocenters. The third-order valence-electron chi connectivity index (χ3n) is 1.47. The SMILES string of the molecule is BrC1C(Br)(Br)C(Br)(Br)C1(Br)Br. The Morgan fingerprint density at radius 2 is 1.00 bits per heavy atom. The van der Waals surface area contributed by atoms with E-state index in [0.29, 0.717) is 0 Å². The highest BCUT2D eigenvalue weighted by Gasteiger charge is 2.75. The molecule has 0 amide bonds. The highest BCUT2D eigenvalue weighted by Crippen LogP contribution is 2.75. The molecular weight excluding hydrogens is 607 g/mol. The predicted molar refractivity (Wildman–Crippen MR) is 74.5 cm³/mol. The van der Waals surface area contributed by atoms with Gasteiger partial charge in [0.25, 0.3) is 0 Å². The van der Waals surface area contributed by atoms with Crippen LogP contribution in [0.5, 0.6) is 0 Å². The topological polar surface area (TPSA) is 0 Å². The normalized spacial score (nSPS) is 33.0. The molecule has 0 spiro atoms. The summed E-state index contributed by atoms with van der Waals surface area (Å²) in [4.78, 5) is 0.223. The van der Waals surface area contributed by atoms with Crippen molar-refractivity contribution < 1.29 is 0 Å². The second kappa shape index (κ2) is 3.44. The number of hydrogen-bond acceptors (Lipinski definition) is 0. The Kier molecular flexibility index (Phi) is 3.89. The standard InChI is InChI=1S/C4HBr7/c5-1-2(6,7)4(10,11)3(1,8)9/h1H. The van der Waals surface area contributed by atoms with Crippen molar-refractivity contribution >= 4 is 112 Å². The van der Waals surface area contributed by atoms with Crippen molar-refractivity contribution in [2.45, 2.75) is 14.5 Å². The third-order valence-corrected chi connectivity index (χ3v) is 16.3. The number of rotatable bonds is 0. The van der Waals surface area contributed by atoms with Gasteiger partial charge in [-0.1, -0.05) is 112 Å². The molecular formula is C4HBr7. The van der Waals surface area contributed by atoms with Crippen LogP contribution in [0.3, 0.4) is 0 Å². The first kappa shape index (κ1) is 12.4. The molecule has 0 heterocycles. The average Bonchev–Trinajstić information content (AvgIpc) is 1.84. The third kappa shape index (κ3) is 1.55. The maximum absolute atomic E-state index is 3.55. The van der Waals surface area contributed by atoms with Crippen LogP contribution in [0.15, 0.2) is 0 Å². The van der Waals surface area contributed by atoms with Gasteiger partial charge in [0.2, 0.25) is 0 Å². The van der Waals surface area contributed by atoms with Crippen molar-refractivity contribution in [2.24, 2.45) is 0 Å². The van der Waals surface area contributed by atoms with Crippen LogP contribution in [-0.2, 0) is 0 Å². The first-order valence-corrected chi connectivity index (χ1v) is 8.10. The summed E-state index contributed by atoms with van der Waals surface area (Å²) >= 11 is 24.8. The van der Waals surface area contributed by atoms with Crippen molar-refractivity contribution in [3.05, 3.63) is 0 Å². The highest BCUT2D eigenvalue weighted by atomic mass is 79.9. The van der Waals surface area contributed by atoms with Gasteiger partial charge in [0.15, 0.2) is 0 Å². The van der Waals surface area contributed by atoms with E-state index in [4.69, 9.17) is 0 Å². The van der Waals surface area contributed by atoms with Gasteiger partial charge in [-0.25, -0.2) is 0 Å². The molecule has 0 atom stereocenters. The lowest BCUT2D eigenvalue weighted by atomic mass is 9.99. The van der Waals surface area contributed by atoms with E-state index in [1.807, 2.05) is 0 Å². The minimum atomic E-state index is -0.270. The Labute approximate surface area is 124 Å². The first-order chi connectivity index (χ1) is 4.65. The van der Waals surface area contributed by atoms with E-state index in [1.54, 1.807) is 0 Å². The summed E-state index contributed by atoms with van der Waals surface area (Å²) in [6.07, 6.45) is 0. The highest BCUT2D eigenvalue weighted by molar-refractivity contribution is 9.34. The molecule has 0 aromatic rings. The molecule has 0 radical (unpaired) electrons. The Bertz CT molecular complexity index is 165. The summed E-state index contributed by atoms with van der Waals surface area (Å²) in [5, 5.41) is 0. The fourth-order valence-corrected chi connectivity index (χ4v) is 8.44. The lowest BCUT2D eigenvalue weighted by Gasteiger charge is -2.59. The molecule has 0 saturated heterocycles. The smallest absolute Gasteiger partial charge is 0.0839 e. The molecule has 0 N–H and O–H groups in total. The summed E-state index contributed by atoms with van der Waals surface area (Å²) in [5.41, 5.74) is 0. The van der Waals surface area contributed by atoms with Crippen LogP contribution in [0.2, 0.25) is 0 Å². The molecule has 1 aliphatic carbocycles. The molecule has 0 aromatic carbocycles. The van der Waals surface area contributed by atoms with Crippen LogP contribution in [0, 0.1) is 0 Å². The zero-order valence-electron chi connectivity index (χ0n) is 4.72. The largest absolute Gasteiger partial charge is 0.133 e. The average molecular weight is 608 g/mol. The molecule has 0 aromatic heterocycles. The van der Waals surface area contributed by atoms with Crippen LogP contribution in [-0.4, -0.2) is 14.5 Å². The van der Waals surface area contributed by atoms with Crippen molar-refractivity contribution in [3.63, 3.8) is 0 Å². The molecule has 66 valence electrons. The number of halogens is 7. The van der Waals surface area contributed by atoms with Crippen molar-refractivity contribution in [2.75, 3.05) is 0 Å². The summed E-state index contributed by atoms with van der Waals surface area (Å²) in [7, 11) is 0. The van der Waals surface area contributed by atoms with Gasteiger partial charge in [-0.15, -0.1) is 0 Å². The zero-order valence-corrected chi connectivity index (χ0v) is 15.8. The fraction of sp³-hybridized carbons (Fsp3) is 1.00. The van der Waals surface area contributed by atoms with E-state index in [0.717, 1.165) is 0 Å². The monoisotopic (exact) mass is 601 g/mol. The van der Waals surface area contributed by atoms with Gasteiger partial charge < -0.3 is 0 Å². The van der Waals surface area contributed by atoms with Crippen LogP contribution < -0.4 is 0 Å². The second-order valence-electron chi connectivity index (χ2n) is 2.18. The van der Waals surface area contributed by atoms with Crippen LogP contribution >= 0.6 is 112 Å². The quantitative estimate of drug-likeness (QED) is 0.331. The van der Waals surface area contributed by atoms with Crippen LogP contribution in [0.25, 0.3) is 0 Å². The minimum Gasteiger partial charge on any atom is -0.0839 e. The zero-order chi connectivity index (χ0) is 9.08. The maximum Gasteiger partial charge on any atom is 0.133 e. The first-order valence-electron chi connectivity index (χ1n) is 2.43. The summed E-state index contributed by atoms with van der Waals surface area (Å²) in [6.45, 7) is 0. The summed E-state index contributed by atoms with van der Waals surface area (Å²) < 4.78 is -0.686. The van der Waals surface area contributed by atoms with Crippen molar-refractivity contribution in [3.8, 4) is 0 Å². The van der Waals surface area contributed by atoms with Gasteiger partial charge in [0.1, 0.15) is 9.70 Å². The Morgan fingerprint density at radius 3 is 1.09 bits per heavy atom. The molecule has 0 bridgehead atoms. The van der Waals surface area contributed by atoms with E-state index in [2.05, 4.69) is 112 Å². The van der Waals surface area contributed by atoms with E-state index in [9.17, 15) is 0 Å². The minimum absolute atomic E-state index is 0.208. The van der Waals surface area contributed by atoms with Gasteiger partial charge in [-0.3, -0.25) is 0 Å². The van der Waals surface area contributed by atoms with Crippen LogP contribution in [0.4, 0.5) is 0 Å². The Balaban J connectivity index is 2.98. The van der Waals surface area contributed by atoms with E-state index >= 15 is 0 Å². The van der Waals surface area contributed by atoms with Gasteiger partial charge >= 0.3 is 0 Å². The second-order valence-corrected chi connectivity index (χ2v) is 13.7. The summed E-state index contributed by atoms with van der Waals surface area (Å²) in [5.74, 6) is 0. The molecule has 11 heavy (non-hydrogen) atoms. The molecule has 1 aliphatic rings. The molecule has 1 saturated carbocycles. The molecule has 0 nitrogen and oxygen atoms in total. The maximum atomic E-state index is 3.55. The van der Waals surface area contributed by atoms with Crippen molar-refractivity contribution in [1.82, 2.24) is 0 Å². The Morgan fingerprint density at radius 1 is 0.727 bits per heavy atom. The number of hydrogen-bond donors (Lipinski definition) is 0. The Hall–Kier alpha value is 3.36. The fourth-order valence-electron chi connectivity index (χ4n) is 0.690. The molecule has 1 fully saturated rings. The summed E-state index contributed by atoms with van der Waals surface area (Å²) in [6, 6.07) is 0.